The first kappa shape index (κ1) is 23.8. The van der Waals surface area contributed by atoms with Gasteiger partial charge < -0.3 is 9.15 Å². The summed E-state index contributed by atoms with van der Waals surface area (Å²) < 4.78 is 87.5. The zero-order valence-corrected chi connectivity index (χ0v) is 18.3. The quantitative estimate of drug-likeness (QED) is 0.214. The summed E-state index contributed by atoms with van der Waals surface area (Å²) in [4.78, 5) is 3.27. The Balaban J connectivity index is 1.55. The van der Waals surface area contributed by atoms with E-state index >= 15 is 0 Å². The third-order valence-corrected chi connectivity index (χ3v) is 7.29. The summed E-state index contributed by atoms with van der Waals surface area (Å²) >= 11 is 0. The van der Waals surface area contributed by atoms with E-state index < -0.39 is 46.9 Å². The number of furan rings is 1. The maximum Gasteiger partial charge on any atom is 0.450 e. The lowest BCUT2D eigenvalue weighted by molar-refractivity contribution is -0.172. The van der Waals surface area contributed by atoms with Crippen LogP contribution in [0.25, 0.3) is 0 Å². The maximum atomic E-state index is 13.0. The van der Waals surface area contributed by atoms with Crippen LogP contribution in [0.3, 0.4) is 0 Å². The van der Waals surface area contributed by atoms with Crippen molar-refractivity contribution in [3.63, 3.8) is 0 Å². The van der Waals surface area contributed by atoms with E-state index in [4.69, 9.17) is 4.74 Å². The second kappa shape index (κ2) is 9.50. The molecule has 4 rings (SSSR count). The highest BCUT2D eigenvalue weighted by Crippen LogP contribution is 2.51. The standard InChI is InChI=1S/C25H18F6O2S/c26-24(27,28)22-15-18(33-23(22)25(29,30)31)16-32-17-11-13-21(14-12-17)34(19-7-3-1-4-8-19)20-9-5-2-6-10-20/h1-15,34H,16H2. The Kier molecular flexibility index (Phi) is 6.65. The fourth-order valence-electron chi connectivity index (χ4n) is 3.38. The number of benzene rings is 3. The van der Waals surface area contributed by atoms with Gasteiger partial charge in [0.1, 0.15) is 23.7 Å². The van der Waals surface area contributed by atoms with Gasteiger partial charge in [-0.2, -0.15) is 37.2 Å². The molecule has 3 aromatic carbocycles. The van der Waals surface area contributed by atoms with Gasteiger partial charge in [-0.3, -0.25) is 0 Å². The molecule has 1 aromatic heterocycles. The minimum Gasteiger partial charge on any atom is -0.486 e. The minimum absolute atomic E-state index is 0.290. The van der Waals surface area contributed by atoms with Crippen LogP contribution >= 0.6 is 10.9 Å². The van der Waals surface area contributed by atoms with E-state index in [0.717, 1.165) is 14.7 Å². The van der Waals surface area contributed by atoms with Gasteiger partial charge in [0.25, 0.3) is 0 Å². The molecule has 0 fully saturated rings. The van der Waals surface area contributed by atoms with Gasteiger partial charge in [-0.15, -0.1) is 0 Å². The molecule has 0 saturated heterocycles. The highest BCUT2D eigenvalue weighted by atomic mass is 32.2. The Morgan fingerprint density at radius 1 is 0.647 bits per heavy atom. The number of alkyl halides is 6. The lowest BCUT2D eigenvalue weighted by Gasteiger charge is -2.23. The molecule has 0 atom stereocenters. The van der Waals surface area contributed by atoms with Crippen molar-refractivity contribution < 1.29 is 35.5 Å². The van der Waals surface area contributed by atoms with Crippen molar-refractivity contribution in [3.8, 4) is 5.75 Å². The summed E-state index contributed by atoms with van der Waals surface area (Å²) in [6, 6.07) is 27.1. The van der Waals surface area contributed by atoms with Crippen molar-refractivity contribution in [3.05, 3.63) is 108 Å². The van der Waals surface area contributed by atoms with E-state index in [9.17, 15) is 26.3 Å². The van der Waals surface area contributed by atoms with E-state index in [1.54, 1.807) is 12.1 Å². The van der Waals surface area contributed by atoms with Crippen LogP contribution in [-0.2, 0) is 19.0 Å². The molecule has 9 heteroatoms. The number of hydrogen-bond acceptors (Lipinski definition) is 2. The van der Waals surface area contributed by atoms with Gasteiger partial charge in [-0.25, -0.2) is 0 Å². The summed E-state index contributed by atoms with van der Waals surface area (Å²) in [5.41, 5.74) is -1.87. The molecule has 0 aliphatic carbocycles. The van der Waals surface area contributed by atoms with Gasteiger partial charge in [-0.1, -0.05) is 36.4 Å². The number of rotatable bonds is 6. The second-order valence-electron chi connectivity index (χ2n) is 7.24. The fourth-order valence-corrected chi connectivity index (χ4v) is 5.66. The summed E-state index contributed by atoms with van der Waals surface area (Å²) in [5.74, 6) is -2.36. The van der Waals surface area contributed by atoms with Crippen molar-refractivity contribution in [1.82, 2.24) is 0 Å². The van der Waals surface area contributed by atoms with Crippen molar-refractivity contribution in [2.75, 3.05) is 0 Å². The minimum atomic E-state index is -5.27. The Labute approximate surface area is 194 Å². The van der Waals surface area contributed by atoms with Crippen LogP contribution in [0, 0.1) is 0 Å². The van der Waals surface area contributed by atoms with Crippen LogP contribution in [0.2, 0.25) is 0 Å². The smallest absolute Gasteiger partial charge is 0.450 e. The van der Waals surface area contributed by atoms with E-state index in [0.29, 0.717) is 11.8 Å². The molecule has 34 heavy (non-hydrogen) atoms. The third kappa shape index (κ3) is 5.41. The second-order valence-corrected chi connectivity index (χ2v) is 9.46. The SMILES string of the molecule is FC(F)(F)c1cc(COc2ccc([SH](c3ccccc3)c3ccccc3)cc2)oc1C(F)(F)F. The van der Waals surface area contributed by atoms with Crippen LogP contribution in [0.15, 0.2) is 110 Å². The predicted octanol–water partition coefficient (Wildman–Crippen LogP) is 8.37. The molecule has 2 nitrogen and oxygen atoms in total. The normalized spacial score (nSPS) is 12.5. The topological polar surface area (TPSA) is 22.4 Å². The maximum absolute atomic E-state index is 13.0. The lowest BCUT2D eigenvalue weighted by atomic mass is 10.2. The summed E-state index contributed by atoms with van der Waals surface area (Å²) in [6.45, 7) is -0.579. The monoisotopic (exact) mass is 496 g/mol. The van der Waals surface area contributed by atoms with E-state index in [1.165, 1.54) is 0 Å². The molecule has 0 bridgehead atoms. The molecule has 0 radical (unpaired) electrons. The van der Waals surface area contributed by atoms with Crippen molar-refractivity contribution >= 4 is 10.9 Å². The molecule has 178 valence electrons. The molecule has 0 spiro atoms. The van der Waals surface area contributed by atoms with Crippen LogP contribution in [0.4, 0.5) is 26.3 Å². The van der Waals surface area contributed by atoms with E-state index in [2.05, 4.69) is 4.42 Å². The van der Waals surface area contributed by atoms with Crippen molar-refractivity contribution in [1.29, 1.82) is 0 Å². The molecule has 4 aromatic rings. The fraction of sp³-hybridized carbons (Fsp3) is 0.120. The Bertz CT molecular complexity index is 1150. The summed E-state index contributed by atoms with van der Waals surface area (Å²) in [5, 5.41) is 0. The van der Waals surface area contributed by atoms with Crippen molar-refractivity contribution in [2.24, 2.45) is 0 Å². The first-order chi connectivity index (χ1) is 16.1. The van der Waals surface area contributed by atoms with Crippen LogP contribution in [0.1, 0.15) is 17.1 Å². The average molecular weight is 496 g/mol. The van der Waals surface area contributed by atoms with Gasteiger partial charge in [-0.05, 0) is 69.3 Å². The number of halogens is 6. The first-order valence-electron chi connectivity index (χ1n) is 10.0. The molecule has 0 N–H and O–H groups in total. The highest BCUT2D eigenvalue weighted by molar-refractivity contribution is 8.17. The van der Waals surface area contributed by atoms with Crippen molar-refractivity contribution in [2.45, 2.75) is 33.6 Å². The Morgan fingerprint density at radius 2 is 1.15 bits per heavy atom. The van der Waals surface area contributed by atoms with Crippen LogP contribution in [0.5, 0.6) is 5.75 Å². The largest absolute Gasteiger partial charge is 0.486 e. The Hall–Kier alpha value is -3.33. The van der Waals surface area contributed by atoms with Crippen LogP contribution < -0.4 is 4.74 Å². The third-order valence-electron chi connectivity index (χ3n) is 4.85. The number of hydrogen-bond donors (Lipinski definition) is 1. The van der Waals surface area contributed by atoms with Gasteiger partial charge >= 0.3 is 12.4 Å². The molecular weight excluding hydrogens is 478 g/mol. The average Bonchev–Trinajstić information content (AvgIpc) is 3.26. The number of thiol groups is 1. The van der Waals surface area contributed by atoms with Gasteiger partial charge in [0, 0.05) is 0 Å². The molecule has 0 aliphatic heterocycles. The zero-order valence-electron chi connectivity index (χ0n) is 17.4. The first-order valence-corrected chi connectivity index (χ1v) is 11.4. The van der Waals surface area contributed by atoms with E-state index in [-0.39, 0.29) is 0 Å². The Morgan fingerprint density at radius 3 is 1.59 bits per heavy atom. The summed E-state index contributed by atoms with van der Waals surface area (Å²) in [7, 11) is -0.863. The number of ether oxygens (including phenoxy) is 1. The molecule has 0 unspecified atom stereocenters. The van der Waals surface area contributed by atoms with Gasteiger partial charge in [0.05, 0.1) is 0 Å². The molecule has 0 amide bonds. The lowest BCUT2D eigenvalue weighted by Crippen LogP contribution is -2.13. The van der Waals surface area contributed by atoms with E-state index in [1.807, 2.05) is 72.8 Å². The molecular formula is C25H18F6O2S. The summed E-state index contributed by atoms with van der Waals surface area (Å²) in [6.07, 6.45) is -10.5. The molecule has 0 saturated carbocycles. The van der Waals surface area contributed by atoms with Gasteiger partial charge in [0.15, 0.2) is 0 Å². The van der Waals surface area contributed by atoms with Gasteiger partial charge in [0.2, 0.25) is 5.76 Å². The molecule has 1 heterocycles. The predicted molar refractivity (Wildman–Crippen MR) is 116 cm³/mol. The zero-order chi connectivity index (χ0) is 24.3. The molecule has 0 aliphatic rings. The van der Waals surface area contributed by atoms with Crippen LogP contribution in [-0.4, -0.2) is 0 Å². The highest BCUT2D eigenvalue weighted by Gasteiger charge is 2.47.